The van der Waals surface area contributed by atoms with Crippen LogP contribution in [0.1, 0.15) is 23.1 Å². The highest BCUT2D eigenvalue weighted by Gasteiger charge is 2.32. The standard InChI is InChI=1S/C27H21F3N8O/c1-16-24(35-22(17-8-3-2-4-9-17)19-10-5-6-11-20(19)34-16)36-26-38-37-25(39-26)23-21(32-13-7-12-31)14-18(15-33-23)27(28,29)30/h2-6,8-11,14-15,24,32,34H,1,7,13H2,(H,36,38)/t24-/m1/s1. The summed E-state index contributed by atoms with van der Waals surface area (Å²) in [7, 11) is 0. The second-order valence-corrected chi connectivity index (χ2v) is 8.45. The number of fused-ring (bicyclic) bond motifs is 1. The highest BCUT2D eigenvalue weighted by Crippen LogP contribution is 2.34. The number of rotatable bonds is 7. The van der Waals surface area contributed by atoms with Gasteiger partial charge in [0.15, 0.2) is 11.9 Å². The number of aliphatic imine (C=N–C) groups is 1. The van der Waals surface area contributed by atoms with Gasteiger partial charge in [-0.3, -0.25) is 4.99 Å². The molecular weight excluding hydrogens is 509 g/mol. The molecule has 3 heterocycles. The van der Waals surface area contributed by atoms with Crippen molar-refractivity contribution in [2.45, 2.75) is 18.8 Å². The number of benzodiazepines with no additional fused rings is 1. The molecule has 39 heavy (non-hydrogen) atoms. The molecule has 0 bridgehead atoms. The minimum absolute atomic E-state index is 0.00986. The molecule has 0 aliphatic carbocycles. The smallest absolute Gasteiger partial charge is 0.402 e. The van der Waals surface area contributed by atoms with Gasteiger partial charge in [0.25, 0.3) is 5.89 Å². The molecular formula is C27H21F3N8O. The van der Waals surface area contributed by atoms with E-state index in [1.807, 2.05) is 60.7 Å². The molecule has 0 amide bonds. The minimum atomic E-state index is -4.60. The maximum absolute atomic E-state index is 13.3. The number of para-hydroxylation sites is 1. The van der Waals surface area contributed by atoms with Gasteiger partial charge in [-0.05, 0) is 12.1 Å². The zero-order valence-electron chi connectivity index (χ0n) is 20.3. The predicted octanol–water partition coefficient (Wildman–Crippen LogP) is 5.69. The van der Waals surface area contributed by atoms with Gasteiger partial charge in [-0.15, -0.1) is 5.10 Å². The lowest BCUT2D eigenvalue weighted by molar-refractivity contribution is -0.137. The van der Waals surface area contributed by atoms with Crippen molar-refractivity contribution in [2.75, 3.05) is 22.5 Å². The number of aromatic nitrogens is 3. The van der Waals surface area contributed by atoms with E-state index in [1.54, 1.807) is 0 Å². The summed E-state index contributed by atoms with van der Waals surface area (Å²) in [6, 6.07) is 20.1. The first-order chi connectivity index (χ1) is 18.8. The van der Waals surface area contributed by atoms with Gasteiger partial charge < -0.3 is 20.4 Å². The largest absolute Gasteiger partial charge is 0.417 e. The van der Waals surface area contributed by atoms with Crippen LogP contribution in [-0.2, 0) is 6.18 Å². The molecule has 0 spiro atoms. The quantitative estimate of drug-likeness (QED) is 0.260. The van der Waals surface area contributed by atoms with E-state index in [2.05, 4.69) is 37.7 Å². The van der Waals surface area contributed by atoms with Crippen LogP contribution in [0.2, 0.25) is 0 Å². The van der Waals surface area contributed by atoms with Crippen LogP contribution in [0.3, 0.4) is 0 Å². The lowest BCUT2D eigenvalue weighted by atomic mass is 10.0. The van der Waals surface area contributed by atoms with Crippen molar-refractivity contribution < 1.29 is 17.6 Å². The Bertz CT molecular complexity index is 1570. The van der Waals surface area contributed by atoms with Gasteiger partial charge in [0.2, 0.25) is 0 Å². The van der Waals surface area contributed by atoms with Gasteiger partial charge in [-0.2, -0.15) is 18.4 Å². The van der Waals surface area contributed by atoms with Crippen LogP contribution in [0.5, 0.6) is 0 Å². The zero-order chi connectivity index (χ0) is 27.4. The molecule has 0 radical (unpaired) electrons. The van der Waals surface area contributed by atoms with Crippen LogP contribution < -0.4 is 16.0 Å². The summed E-state index contributed by atoms with van der Waals surface area (Å²) in [6.07, 6.45) is -4.56. The summed E-state index contributed by atoms with van der Waals surface area (Å²) in [5.41, 5.74) is 2.89. The van der Waals surface area contributed by atoms with Crippen LogP contribution in [0.4, 0.5) is 30.6 Å². The van der Waals surface area contributed by atoms with E-state index in [0.717, 1.165) is 22.9 Å². The van der Waals surface area contributed by atoms with Crippen molar-refractivity contribution in [3.05, 3.63) is 95.8 Å². The van der Waals surface area contributed by atoms with Crippen LogP contribution in [-0.4, -0.2) is 33.6 Å². The number of alkyl halides is 3. The lowest BCUT2D eigenvalue weighted by Crippen LogP contribution is -2.23. The summed E-state index contributed by atoms with van der Waals surface area (Å²) in [4.78, 5) is 8.80. The fraction of sp³-hybridized carbons (Fsp3) is 0.148. The average Bonchev–Trinajstić information content (AvgIpc) is 3.34. The molecule has 4 aromatic rings. The summed E-state index contributed by atoms with van der Waals surface area (Å²) < 4.78 is 45.5. The number of nitrogens with zero attached hydrogens (tertiary/aromatic N) is 5. The first-order valence-electron chi connectivity index (χ1n) is 11.8. The Morgan fingerprint density at radius 3 is 2.62 bits per heavy atom. The number of nitrogens with one attached hydrogen (secondary N) is 3. The fourth-order valence-corrected chi connectivity index (χ4v) is 3.93. The summed E-state index contributed by atoms with van der Waals surface area (Å²) >= 11 is 0. The molecule has 0 saturated carbocycles. The topological polar surface area (TPSA) is 124 Å². The zero-order valence-corrected chi connectivity index (χ0v) is 20.3. The Morgan fingerprint density at radius 1 is 1.08 bits per heavy atom. The van der Waals surface area contributed by atoms with Crippen molar-refractivity contribution in [1.29, 1.82) is 5.26 Å². The third kappa shape index (κ3) is 5.57. The highest BCUT2D eigenvalue weighted by atomic mass is 19.4. The Hall–Kier alpha value is -5.18. The predicted molar refractivity (Wildman–Crippen MR) is 140 cm³/mol. The first kappa shape index (κ1) is 25.5. The molecule has 0 saturated heterocycles. The number of hydrogen-bond donors (Lipinski definition) is 3. The number of nitriles is 1. The van der Waals surface area contributed by atoms with Crippen molar-refractivity contribution in [3.63, 3.8) is 0 Å². The first-order valence-corrected chi connectivity index (χ1v) is 11.8. The lowest BCUT2D eigenvalue weighted by Gasteiger charge is -2.15. The number of hydrogen-bond acceptors (Lipinski definition) is 9. The Kier molecular flexibility index (Phi) is 6.96. The van der Waals surface area contributed by atoms with Crippen molar-refractivity contribution in [2.24, 2.45) is 4.99 Å². The molecule has 1 aliphatic rings. The third-order valence-corrected chi connectivity index (χ3v) is 5.77. The van der Waals surface area contributed by atoms with Gasteiger partial charge in [-0.25, -0.2) is 4.98 Å². The third-order valence-electron chi connectivity index (χ3n) is 5.77. The summed E-state index contributed by atoms with van der Waals surface area (Å²) in [6.45, 7) is 4.21. The monoisotopic (exact) mass is 530 g/mol. The molecule has 5 rings (SSSR count). The molecule has 196 valence electrons. The molecule has 9 nitrogen and oxygen atoms in total. The number of anilines is 3. The van der Waals surface area contributed by atoms with Gasteiger partial charge in [0, 0.05) is 29.6 Å². The van der Waals surface area contributed by atoms with Crippen molar-refractivity contribution in [1.82, 2.24) is 15.2 Å². The number of halogens is 3. The van der Waals surface area contributed by atoms with E-state index < -0.39 is 17.9 Å². The molecule has 1 aliphatic heterocycles. The van der Waals surface area contributed by atoms with Crippen LogP contribution >= 0.6 is 0 Å². The van der Waals surface area contributed by atoms with Crippen molar-refractivity contribution in [3.8, 4) is 17.7 Å². The molecule has 2 aromatic heterocycles. The van der Waals surface area contributed by atoms with E-state index in [-0.39, 0.29) is 36.3 Å². The van der Waals surface area contributed by atoms with E-state index >= 15 is 0 Å². The molecule has 1 atom stereocenters. The Morgan fingerprint density at radius 2 is 1.85 bits per heavy atom. The van der Waals surface area contributed by atoms with Crippen LogP contribution in [0.25, 0.3) is 11.6 Å². The van der Waals surface area contributed by atoms with E-state index in [1.165, 1.54) is 0 Å². The van der Waals surface area contributed by atoms with E-state index in [0.29, 0.717) is 17.6 Å². The molecule has 2 aromatic carbocycles. The second kappa shape index (κ2) is 10.7. The average molecular weight is 531 g/mol. The molecule has 0 fully saturated rings. The van der Waals surface area contributed by atoms with Gasteiger partial charge in [0.05, 0.1) is 35.1 Å². The maximum atomic E-state index is 13.3. The Balaban J connectivity index is 1.46. The Labute approximate surface area is 221 Å². The number of benzene rings is 2. The second-order valence-electron chi connectivity index (χ2n) is 8.45. The fourth-order valence-electron chi connectivity index (χ4n) is 3.93. The maximum Gasteiger partial charge on any atom is 0.417 e. The minimum Gasteiger partial charge on any atom is -0.402 e. The van der Waals surface area contributed by atoms with Gasteiger partial charge >= 0.3 is 12.2 Å². The normalized spacial score (nSPS) is 14.9. The molecule has 12 heteroatoms. The van der Waals surface area contributed by atoms with Gasteiger partial charge in [-0.1, -0.05) is 60.2 Å². The van der Waals surface area contributed by atoms with Gasteiger partial charge in [0.1, 0.15) is 0 Å². The summed E-state index contributed by atoms with van der Waals surface area (Å²) in [5, 5.41) is 25.9. The van der Waals surface area contributed by atoms with Crippen molar-refractivity contribution >= 4 is 23.1 Å². The van der Waals surface area contributed by atoms with Crippen LogP contribution in [0.15, 0.2) is 88.5 Å². The number of pyridine rings is 1. The molecule has 0 unspecified atom stereocenters. The van der Waals surface area contributed by atoms with E-state index in [9.17, 15) is 13.2 Å². The van der Waals surface area contributed by atoms with E-state index in [4.69, 9.17) is 14.7 Å². The SMILES string of the molecule is C=C1Nc2ccccc2C(c2ccccc2)=N[C@@H]1Nc1nnc(-c2ncc(C(F)(F)F)cc2NCCC#N)o1. The summed E-state index contributed by atoms with van der Waals surface area (Å²) in [5.74, 6) is -0.117. The van der Waals surface area contributed by atoms with Crippen LogP contribution in [0, 0.1) is 11.3 Å². The molecule has 3 N–H and O–H groups in total. The highest BCUT2D eigenvalue weighted by molar-refractivity contribution is 6.16.